The van der Waals surface area contributed by atoms with Crippen molar-refractivity contribution in [2.24, 2.45) is 0 Å². The largest absolute Gasteiger partial charge is 0.313 e. The molecule has 1 atom stereocenters. The second kappa shape index (κ2) is 3.93. The first kappa shape index (κ1) is 10.6. The fraction of sp³-hybridized carbons (Fsp3) is 0.615. The number of aryl methyl sites for hydroxylation is 1. The molecule has 1 aromatic heterocycles. The highest BCUT2D eigenvalue weighted by molar-refractivity contribution is 5.24. The van der Waals surface area contributed by atoms with Crippen LogP contribution in [0.1, 0.15) is 37.9 Å². The minimum atomic E-state index is 0.192. The Balaban J connectivity index is 2.23. The first-order valence-corrected chi connectivity index (χ1v) is 5.77. The Bertz CT molecular complexity index is 321. The molecular formula is C13H20N2. The molecule has 15 heavy (non-hydrogen) atoms. The summed E-state index contributed by atoms with van der Waals surface area (Å²) in [5, 5.41) is 3.58. The Morgan fingerprint density at radius 1 is 1.40 bits per heavy atom. The Morgan fingerprint density at radius 2 is 2.20 bits per heavy atom. The van der Waals surface area contributed by atoms with Gasteiger partial charge in [0.15, 0.2) is 0 Å². The van der Waals surface area contributed by atoms with E-state index in [0.717, 1.165) is 12.2 Å². The van der Waals surface area contributed by atoms with Crippen molar-refractivity contribution in [1.29, 1.82) is 0 Å². The van der Waals surface area contributed by atoms with Gasteiger partial charge in [0.2, 0.25) is 0 Å². The molecule has 2 nitrogen and oxygen atoms in total. The lowest BCUT2D eigenvalue weighted by atomic mass is 9.78. The van der Waals surface area contributed by atoms with E-state index in [1.807, 2.05) is 13.1 Å². The van der Waals surface area contributed by atoms with E-state index in [9.17, 15) is 0 Å². The predicted molar refractivity (Wildman–Crippen MR) is 63.0 cm³/mol. The van der Waals surface area contributed by atoms with Gasteiger partial charge in [0.05, 0.1) is 0 Å². The Morgan fingerprint density at radius 3 is 2.73 bits per heavy atom. The molecule has 0 saturated carbocycles. The standard InChI is InChI=1S/C13H20N2/c1-10-6-7-11(9-15-10)13(2,3)12-5-4-8-14-12/h6-7,9,12,14H,4-5,8H2,1-3H3. The van der Waals surface area contributed by atoms with Crippen LogP contribution < -0.4 is 5.32 Å². The predicted octanol–water partition coefficient (Wildman–Crippen LogP) is 2.42. The molecule has 0 aliphatic carbocycles. The zero-order chi connectivity index (χ0) is 10.9. The monoisotopic (exact) mass is 204 g/mol. The maximum absolute atomic E-state index is 4.39. The van der Waals surface area contributed by atoms with E-state index < -0.39 is 0 Å². The van der Waals surface area contributed by atoms with Gasteiger partial charge in [-0.2, -0.15) is 0 Å². The van der Waals surface area contributed by atoms with E-state index in [1.54, 1.807) is 0 Å². The highest BCUT2D eigenvalue weighted by atomic mass is 15.0. The van der Waals surface area contributed by atoms with Gasteiger partial charge in [-0.15, -0.1) is 0 Å². The third-order valence-corrected chi connectivity index (χ3v) is 3.59. The highest BCUT2D eigenvalue weighted by Crippen LogP contribution is 2.31. The van der Waals surface area contributed by atoms with Gasteiger partial charge in [-0.1, -0.05) is 19.9 Å². The minimum absolute atomic E-state index is 0.192. The molecule has 1 N–H and O–H groups in total. The summed E-state index contributed by atoms with van der Waals surface area (Å²) in [5.41, 5.74) is 2.62. The van der Waals surface area contributed by atoms with Gasteiger partial charge in [-0.05, 0) is 37.9 Å². The molecular weight excluding hydrogens is 184 g/mol. The average molecular weight is 204 g/mol. The van der Waals surface area contributed by atoms with Crippen LogP contribution in [0, 0.1) is 6.92 Å². The number of nitrogens with zero attached hydrogens (tertiary/aromatic N) is 1. The van der Waals surface area contributed by atoms with Crippen LogP contribution in [0.3, 0.4) is 0 Å². The van der Waals surface area contributed by atoms with Crippen LogP contribution in [0.5, 0.6) is 0 Å². The lowest BCUT2D eigenvalue weighted by Gasteiger charge is -2.32. The maximum Gasteiger partial charge on any atom is 0.0372 e. The SMILES string of the molecule is Cc1ccc(C(C)(C)C2CCCN2)cn1. The molecule has 0 bridgehead atoms. The van der Waals surface area contributed by atoms with Crippen molar-refractivity contribution in [3.05, 3.63) is 29.6 Å². The summed E-state index contributed by atoms with van der Waals surface area (Å²) in [4.78, 5) is 4.39. The fourth-order valence-electron chi connectivity index (χ4n) is 2.35. The summed E-state index contributed by atoms with van der Waals surface area (Å²) in [6.45, 7) is 7.81. The van der Waals surface area contributed by atoms with Crippen LogP contribution in [0.2, 0.25) is 0 Å². The average Bonchev–Trinajstić information content (AvgIpc) is 2.71. The second-order valence-corrected chi connectivity index (χ2v) is 5.06. The summed E-state index contributed by atoms with van der Waals surface area (Å²) < 4.78 is 0. The lowest BCUT2D eigenvalue weighted by Crippen LogP contribution is -2.40. The third kappa shape index (κ3) is 2.05. The van der Waals surface area contributed by atoms with Crippen LogP contribution in [-0.4, -0.2) is 17.6 Å². The smallest absolute Gasteiger partial charge is 0.0372 e. The summed E-state index contributed by atoms with van der Waals surface area (Å²) >= 11 is 0. The number of pyridine rings is 1. The van der Waals surface area contributed by atoms with Crippen LogP contribution >= 0.6 is 0 Å². The normalized spacial score (nSPS) is 21.9. The molecule has 1 aromatic rings. The van der Waals surface area contributed by atoms with Gasteiger partial charge in [0.25, 0.3) is 0 Å². The number of aromatic nitrogens is 1. The summed E-state index contributed by atoms with van der Waals surface area (Å²) in [6, 6.07) is 4.91. The Labute approximate surface area is 92.1 Å². The minimum Gasteiger partial charge on any atom is -0.313 e. The van der Waals surface area contributed by atoms with Gasteiger partial charge in [0, 0.05) is 23.3 Å². The summed E-state index contributed by atoms with van der Waals surface area (Å²) in [7, 11) is 0. The lowest BCUT2D eigenvalue weighted by molar-refractivity contribution is 0.376. The Kier molecular flexibility index (Phi) is 2.79. The molecule has 0 spiro atoms. The van der Waals surface area contributed by atoms with Crippen molar-refractivity contribution < 1.29 is 0 Å². The molecule has 1 saturated heterocycles. The molecule has 1 aliphatic heterocycles. The summed E-state index contributed by atoms with van der Waals surface area (Å²) in [5.74, 6) is 0. The zero-order valence-electron chi connectivity index (χ0n) is 9.88. The maximum atomic E-state index is 4.39. The Hall–Kier alpha value is -0.890. The molecule has 1 aliphatic rings. The number of rotatable bonds is 2. The molecule has 82 valence electrons. The van der Waals surface area contributed by atoms with E-state index in [1.165, 1.54) is 18.4 Å². The highest BCUT2D eigenvalue weighted by Gasteiger charge is 2.33. The number of hydrogen-bond acceptors (Lipinski definition) is 2. The molecule has 0 radical (unpaired) electrons. The van der Waals surface area contributed by atoms with Crippen molar-refractivity contribution in [3.63, 3.8) is 0 Å². The molecule has 1 fully saturated rings. The first-order chi connectivity index (χ1) is 7.10. The summed E-state index contributed by atoms with van der Waals surface area (Å²) in [6.07, 6.45) is 4.60. The van der Waals surface area contributed by atoms with Crippen molar-refractivity contribution >= 4 is 0 Å². The van der Waals surface area contributed by atoms with Gasteiger partial charge < -0.3 is 5.32 Å². The molecule has 1 unspecified atom stereocenters. The second-order valence-electron chi connectivity index (χ2n) is 5.06. The van der Waals surface area contributed by atoms with E-state index in [2.05, 4.69) is 36.3 Å². The fourth-order valence-corrected chi connectivity index (χ4v) is 2.35. The van der Waals surface area contributed by atoms with Gasteiger partial charge in [0.1, 0.15) is 0 Å². The van der Waals surface area contributed by atoms with Gasteiger partial charge >= 0.3 is 0 Å². The number of nitrogens with one attached hydrogen (secondary N) is 1. The molecule has 2 rings (SSSR count). The molecule has 2 heteroatoms. The van der Waals surface area contributed by atoms with Crippen molar-refractivity contribution in [3.8, 4) is 0 Å². The van der Waals surface area contributed by atoms with Gasteiger partial charge in [-0.3, -0.25) is 4.98 Å². The van der Waals surface area contributed by atoms with E-state index in [-0.39, 0.29) is 5.41 Å². The molecule has 2 heterocycles. The third-order valence-electron chi connectivity index (χ3n) is 3.59. The molecule has 0 aromatic carbocycles. The van der Waals surface area contributed by atoms with Crippen LogP contribution in [0.25, 0.3) is 0 Å². The van der Waals surface area contributed by atoms with E-state index in [4.69, 9.17) is 0 Å². The quantitative estimate of drug-likeness (QED) is 0.800. The topological polar surface area (TPSA) is 24.9 Å². The molecule has 0 amide bonds. The van der Waals surface area contributed by atoms with Crippen molar-refractivity contribution in [1.82, 2.24) is 10.3 Å². The van der Waals surface area contributed by atoms with Crippen molar-refractivity contribution in [2.75, 3.05) is 6.54 Å². The first-order valence-electron chi connectivity index (χ1n) is 5.77. The zero-order valence-corrected chi connectivity index (χ0v) is 9.88. The van der Waals surface area contributed by atoms with Gasteiger partial charge in [-0.25, -0.2) is 0 Å². The van der Waals surface area contributed by atoms with Crippen LogP contribution in [-0.2, 0) is 5.41 Å². The van der Waals surface area contributed by atoms with Crippen molar-refractivity contribution in [2.45, 2.75) is 45.1 Å². The van der Waals surface area contributed by atoms with E-state index in [0.29, 0.717) is 6.04 Å². The van der Waals surface area contributed by atoms with Crippen LogP contribution in [0.15, 0.2) is 18.3 Å². The van der Waals surface area contributed by atoms with Crippen LogP contribution in [0.4, 0.5) is 0 Å². The number of hydrogen-bond donors (Lipinski definition) is 1. The van der Waals surface area contributed by atoms with E-state index >= 15 is 0 Å².